The molecule has 4 aromatic rings. The van der Waals surface area contributed by atoms with E-state index >= 15 is 17.6 Å². The van der Waals surface area contributed by atoms with Crippen LogP contribution in [-0.4, -0.2) is 126 Å². The lowest BCUT2D eigenvalue weighted by atomic mass is 9.84. The number of carbonyl (C=O) groups is 2. The number of sulfonamides is 2. The Hall–Kier alpha value is -4.98. The zero-order valence-corrected chi connectivity index (χ0v) is 47.1. The molecule has 0 aromatic heterocycles. The molecule has 3 aliphatic carbocycles. The van der Waals surface area contributed by atoms with E-state index in [1.807, 2.05) is 52.7 Å². The Morgan fingerprint density at radius 2 is 1.33 bits per heavy atom. The average Bonchev–Trinajstić information content (AvgIpc) is 4.05. The van der Waals surface area contributed by atoms with Crippen molar-refractivity contribution in [3.63, 3.8) is 0 Å². The summed E-state index contributed by atoms with van der Waals surface area (Å²) in [6, 6.07) is 16.0. The first kappa shape index (κ1) is 59.1. The van der Waals surface area contributed by atoms with Crippen molar-refractivity contribution in [1.29, 1.82) is 0 Å². The van der Waals surface area contributed by atoms with Gasteiger partial charge in [-0.05, 0) is 150 Å². The Kier molecular flexibility index (Phi) is 19.1. The van der Waals surface area contributed by atoms with E-state index in [1.165, 1.54) is 37.4 Å². The number of nitrogens with one attached hydrogen (secondary N) is 4. The van der Waals surface area contributed by atoms with Gasteiger partial charge in [0.1, 0.15) is 22.8 Å². The molecule has 0 spiro atoms. The van der Waals surface area contributed by atoms with Crippen molar-refractivity contribution in [3.8, 4) is 11.1 Å². The molecular weight excluding hydrogens is 1090 g/mol. The van der Waals surface area contributed by atoms with Crippen molar-refractivity contribution in [3.05, 3.63) is 100 Å². The zero-order valence-electron chi connectivity index (χ0n) is 43.8. The Morgan fingerprint density at radius 3 is 1.95 bits per heavy atom. The summed E-state index contributed by atoms with van der Waals surface area (Å²) in [5, 5.41) is 18.6. The van der Waals surface area contributed by atoms with Crippen LogP contribution in [0.3, 0.4) is 0 Å². The number of thioether (sulfide) groups is 2. The number of rotatable bonds is 25. The van der Waals surface area contributed by atoms with E-state index in [2.05, 4.69) is 15.5 Å². The van der Waals surface area contributed by atoms with Crippen LogP contribution in [0.15, 0.2) is 92.4 Å². The monoisotopic (exact) mass is 1160 g/mol. The number of ether oxygens (including phenoxy) is 1. The lowest BCUT2D eigenvalue weighted by Crippen LogP contribution is -2.51. The SMILES string of the molecule is COC1(C(=O)NS(=O)(=O)c2cc(F)c(N[C@H](CCN(C)C)CSc3ccc(-c4ccc(SC[C@@H](CCN5CC6CC6C5)Nc5ccc(S(=O)(=O)NC(=O)C6(F)CCCCC6)cc5[N+](=O)[O-])cc4)cc3F)c(F)c2)CCCCC1. The van der Waals surface area contributed by atoms with E-state index in [-0.39, 0.29) is 30.3 Å². The van der Waals surface area contributed by atoms with Crippen LogP contribution in [-0.2, 0) is 34.4 Å². The molecule has 0 bridgehead atoms. The number of amides is 2. The summed E-state index contributed by atoms with van der Waals surface area (Å²) in [6.45, 7) is 3.24. The number of fused-ring (bicyclic) bond motifs is 1. The van der Waals surface area contributed by atoms with Gasteiger partial charge < -0.3 is 25.2 Å². The number of anilines is 2. The summed E-state index contributed by atoms with van der Waals surface area (Å²) in [6.07, 6.45) is 6.46. The van der Waals surface area contributed by atoms with Crippen molar-refractivity contribution in [2.24, 2.45) is 11.8 Å². The summed E-state index contributed by atoms with van der Waals surface area (Å²) in [7, 11) is -4.31. The van der Waals surface area contributed by atoms with Crippen LogP contribution < -0.4 is 20.1 Å². The maximum absolute atomic E-state index is 15.9. The lowest BCUT2D eigenvalue weighted by molar-refractivity contribution is -0.384. The maximum Gasteiger partial charge on any atom is 0.293 e. The summed E-state index contributed by atoms with van der Waals surface area (Å²) in [4.78, 5) is 41.7. The molecule has 4 fully saturated rings. The van der Waals surface area contributed by atoms with Gasteiger partial charge in [0.25, 0.3) is 37.5 Å². The highest BCUT2D eigenvalue weighted by molar-refractivity contribution is 7.99. The van der Waals surface area contributed by atoms with E-state index in [0.717, 1.165) is 66.8 Å². The number of likely N-dealkylation sites (tertiary alicyclic amines) is 1. The molecule has 16 nitrogen and oxygen atoms in total. The molecule has 0 radical (unpaired) electrons. The number of halogens is 4. The fourth-order valence-corrected chi connectivity index (χ4v) is 14.6. The Labute approximate surface area is 462 Å². The number of nitrogens with zero attached hydrogens (tertiary/aromatic N) is 3. The first-order valence-electron chi connectivity index (χ1n) is 26.3. The van der Waals surface area contributed by atoms with Crippen LogP contribution in [0.5, 0.6) is 0 Å². The number of nitro benzene ring substituents is 1. The standard InChI is InChI=1S/C54H67F4N7O9S4/c1-63(2)24-18-40(60-50-45(56)28-43(29-46(50)57)78(72,73)62-52(67)54(74-3)22-8-5-9-23-54)34-76-49-17-12-36(27-44(49)55)35-10-13-41(14-11-35)75-33-39(19-25-64-31-37-26-38(37)32-64)59-47-16-15-42(30-48(47)65(68)69)77(70,71)61-51(66)53(58)20-6-4-7-21-53/h10-17,27-30,37-40,59-60H,4-9,18-26,31-34H2,1-3H3,(H,61,66)(H,62,67)/t37?,38?,39-,40-/m1/s1. The third-order valence-corrected chi connectivity index (χ3v) is 20.3. The second-order valence-corrected chi connectivity index (χ2v) is 26.7. The van der Waals surface area contributed by atoms with Gasteiger partial charge in [0.2, 0.25) is 0 Å². The number of benzene rings is 4. The molecule has 3 saturated carbocycles. The van der Waals surface area contributed by atoms with Crippen LogP contribution >= 0.6 is 23.5 Å². The highest BCUT2D eigenvalue weighted by Crippen LogP contribution is 2.45. The van der Waals surface area contributed by atoms with Gasteiger partial charge in [-0.1, -0.05) is 43.9 Å². The fraction of sp³-hybridized carbons (Fsp3) is 0.519. The molecule has 4 atom stereocenters. The largest absolute Gasteiger partial charge is 0.377 e. The minimum Gasteiger partial charge on any atom is -0.377 e. The topological polar surface area (TPSA) is 209 Å². The highest BCUT2D eigenvalue weighted by Gasteiger charge is 2.45. The molecule has 4 aliphatic rings. The summed E-state index contributed by atoms with van der Waals surface area (Å²) >= 11 is 2.66. The van der Waals surface area contributed by atoms with Crippen LogP contribution in [0, 0.1) is 39.4 Å². The van der Waals surface area contributed by atoms with Gasteiger partial charge >= 0.3 is 0 Å². The molecule has 2 amide bonds. The molecule has 8 rings (SSSR count). The van der Waals surface area contributed by atoms with Gasteiger partial charge in [0.05, 0.1) is 14.7 Å². The van der Waals surface area contributed by atoms with Gasteiger partial charge in [-0.2, -0.15) is 0 Å². The smallest absolute Gasteiger partial charge is 0.293 e. The Balaban J connectivity index is 0.899. The molecule has 1 heterocycles. The number of hydrogen-bond donors (Lipinski definition) is 4. The third-order valence-electron chi connectivity index (χ3n) is 15.3. The van der Waals surface area contributed by atoms with Crippen LogP contribution in [0.1, 0.15) is 83.5 Å². The summed E-state index contributed by atoms with van der Waals surface area (Å²) < 4.78 is 125. The number of piperidine rings is 1. The minimum absolute atomic E-state index is 0.0936. The van der Waals surface area contributed by atoms with E-state index < -0.39 is 92.7 Å². The zero-order chi connectivity index (χ0) is 56.0. The normalized spacial score (nSPS) is 19.8. The molecule has 4 aromatic carbocycles. The van der Waals surface area contributed by atoms with E-state index in [1.54, 1.807) is 12.1 Å². The molecular formula is C54H67F4N7O9S4. The fourth-order valence-electron chi connectivity index (χ4n) is 10.5. The van der Waals surface area contributed by atoms with E-state index in [4.69, 9.17) is 4.74 Å². The maximum atomic E-state index is 15.9. The van der Waals surface area contributed by atoms with Crippen molar-refractivity contribution < 1.29 is 53.6 Å². The van der Waals surface area contributed by atoms with Crippen molar-refractivity contribution in [2.75, 3.05) is 69.5 Å². The summed E-state index contributed by atoms with van der Waals surface area (Å²) in [5.41, 5.74) is -3.34. The first-order chi connectivity index (χ1) is 37.1. The molecule has 1 aliphatic heterocycles. The molecule has 4 N–H and O–H groups in total. The average molecular weight is 1160 g/mol. The highest BCUT2D eigenvalue weighted by atomic mass is 32.2. The van der Waals surface area contributed by atoms with Crippen molar-refractivity contribution in [2.45, 2.75) is 126 Å². The third kappa shape index (κ3) is 14.7. The van der Waals surface area contributed by atoms with Gasteiger partial charge in [-0.25, -0.2) is 43.8 Å². The van der Waals surface area contributed by atoms with Crippen LogP contribution in [0.2, 0.25) is 0 Å². The van der Waals surface area contributed by atoms with Gasteiger partial charge in [-0.3, -0.25) is 19.7 Å². The van der Waals surface area contributed by atoms with E-state index in [0.29, 0.717) is 98.1 Å². The van der Waals surface area contributed by atoms with Crippen molar-refractivity contribution >= 4 is 72.4 Å². The Bertz CT molecular complexity index is 3020. The van der Waals surface area contributed by atoms with E-state index in [9.17, 15) is 36.5 Å². The number of carbonyl (C=O) groups excluding carboxylic acids is 2. The predicted octanol–water partition coefficient (Wildman–Crippen LogP) is 9.75. The molecule has 78 heavy (non-hydrogen) atoms. The molecule has 2 unspecified atom stereocenters. The minimum atomic E-state index is -4.67. The number of hydrogen-bond acceptors (Lipinski definition) is 15. The predicted molar refractivity (Wildman–Crippen MR) is 294 cm³/mol. The van der Waals surface area contributed by atoms with Crippen molar-refractivity contribution in [1.82, 2.24) is 19.2 Å². The molecule has 424 valence electrons. The second kappa shape index (κ2) is 25.2. The van der Waals surface area contributed by atoms with Gasteiger partial charge in [0.15, 0.2) is 17.3 Å². The molecule has 1 saturated heterocycles. The number of nitro groups is 1. The second-order valence-electron chi connectivity index (χ2n) is 21.2. The Morgan fingerprint density at radius 1 is 0.744 bits per heavy atom. The quantitative estimate of drug-likeness (QED) is 0.0211. The van der Waals surface area contributed by atoms with Crippen LogP contribution in [0.4, 0.5) is 34.6 Å². The summed E-state index contributed by atoms with van der Waals surface area (Å²) in [5.74, 6) is -2.99. The number of methoxy groups -OCH3 is 1. The number of alkyl halides is 1. The lowest BCUT2D eigenvalue weighted by Gasteiger charge is -2.34. The molecule has 24 heteroatoms. The first-order valence-corrected chi connectivity index (χ1v) is 31.2. The van der Waals surface area contributed by atoms with Crippen LogP contribution in [0.25, 0.3) is 11.1 Å². The van der Waals surface area contributed by atoms with Gasteiger partial charge in [-0.15, -0.1) is 23.5 Å². The van der Waals surface area contributed by atoms with Gasteiger partial charge in [0, 0.05) is 66.2 Å².